The third-order valence-electron chi connectivity index (χ3n) is 4.65. The van der Waals surface area contributed by atoms with E-state index >= 15 is 0 Å². The summed E-state index contributed by atoms with van der Waals surface area (Å²) in [7, 11) is 3.42. The zero-order valence-corrected chi connectivity index (χ0v) is 15.5. The van der Waals surface area contributed by atoms with Crippen molar-refractivity contribution in [1.82, 2.24) is 24.8 Å². The number of aryl methyl sites for hydroxylation is 1. The molecule has 1 amide bonds. The number of carbonyl (C=O) groups is 1. The molecule has 0 aliphatic carbocycles. The highest BCUT2D eigenvalue weighted by molar-refractivity contribution is 5.95. The van der Waals surface area contributed by atoms with Gasteiger partial charge in [-0.1, -0.05) is 5.16 Å². The summed E-state index contributed by atoms with van der Waals surface area (Å²) in [6.45, 7) is 4.14. The van der Waals surface area contributed by atoms with Crippen molar-refractivity contribution < 1.29 is 18.8 Å². The number of likely N-dealkylation sites (tertiary alicyclic amines) is 1. The van der Waals surface area contributed by atoms with Crippen LogP contribution in [0.4, 0.5) is 0 Å². The molecule has 2 aromatic rings. The van der Waals surface area contributed by atoms with Crippen molar-refractivity contribution in [1.29, 1.82) is 0 Å². The van der Waals surface area contributed by atoms with Gasteiger partial charge in [-0.25, -0.2) is 0 Å². The van der Waals surface area contributed by atoms with Gasteiger partial charge in [0.2, 0.25) is 0 Å². The van der Waals surface area contributed by atoms with Crippen molar-refractivity contribution in [3.8, 4) is 0 Å². The number of ether oxygens (including phenoxy) is 2. The standard InChI is InChI=1S/C17H25N5O4/c1-12-14(10-18-21(12)2)17(23)22-7-4-13(5-8-22)25-9-6-15-19-16(11-24-3)26-20-15/h10,13H,4-9,11H2,1-3H3. The summed E-state index contributed by atoms with van der Waals surface area (Å²) in [6.07, 6.45) is 4.04. The predicted molar refractivity (Wildman–Crippen MR) is 91.5 cm³/mol. The number of aromatic nitrogens is 4. The molecule has 1 saturated heterocycles. The second kappa shape index (κ2) is 8.41. The molecule has 0 unspecified atom stereocenters. The van der Waals surface area contributed by atoms with Crippen LogP contribution < -0.4 is 0 Å². The summed E-state index contributed by atoms with van der Waals surface area (Å²) in [4.78, 5) is 18.7. The molecule has 0 aromatic carbocycles. The molecule has 0 radical (unpaired) electrons. The average molecular weight is 363 g/mol. The SMILES string of the molecule is COCc1nc(CCOC2CCN(C(=O)c3cnn(C)c3C)CC2)no1. The van der Waals surface area contributed by atoms with E-state index in [-0.39, 0.29) is 12.0 Å². The number of amides is 1. The molecule has 2 aromatic heterocycles. The smallest absolute Gasteiger partial charge is 0.257 e. The topological polar surface area (TPSA) is 95.5 Å². The van der Waals surface area contributed by atoms with Gasteiger partial charge in [0, 0.05) is 39.4 Å². The molecule has 0 saturated carbocycles. The Kier molecular flexibility index (Phi) is 6.00. The summed E-state index contributed by atoms with van der Waals surface area (Å²) in [5.74, 6) is 1.14. The molecule has 0 atom stereocenters. The minimum absolute atomic E-state index is 0.0477. The zero-order valence-electron chi connectivity index (χ0n) is 15.5. The number of carbonyl (C=O) groups excluding carboxylic acids is 1. The number of methoxy groups -OCH3 is 1. The number of nitrogens with zero attached hydrogens (tertiary/aromatic N) is 5. The van der Waals surface area contributed by atoms with Gasteiger partial charge in [0.05, 0.1) is 24.5 Å². The highest BCUT2D eigenvalue weighted by Crippen LogP contribution is 2.18. The largest absolute Gasteiger partial charge is 0.378 e. The number of hydrogen-bond acceptors (Lipinski definition) is 7. The Labute approximate surface area is 152 Å². The fourth-order valence-corrected chi connectivity index (χ4v) is 3.00. The van der Waals surface area contributed by atoms with E-state index in [4.69, 9.17) is 14.0 Å². The van der Waals surface area contributed by atoms with Crippen molar-refractivity contribution >= 4 is 5.91 Å². The molecule has 142 valence electrons. The predicted octanol–water partition coefficient (Wildman–Crippen LogP) is 1.12. The average Bonchev–Trinajstić information content (AvgIpc) is 3.22. The highest BCUT2D eigenvalue weighted by atomic mass is 16.5. The van der Waals surface area contributed by atoms with Crippen LogP contribution in [0.1, 0.15) is 40.6 Å². The maximum atomic E-state index is 12.6. The van der Waals surface area contributed by atoms with Crippen molar-refractivity contribution in [3.05, 3.63) is 29.2 Å². The minimum Gasteiger partial charge on any atom is -0.378 e. The summed E-state index contributed by atoms with van der Waals surface area (Å²) in [5, 5.41) is 8.04. The molecule has 1 aliphatic heterocycles. The zero-order chi connectivity index (χ0) is 18.5. The molecule has 9 heteroatoms. The van der Waals surface area contributed by atoms with Crippen LogP contribution >= 0.6 is 0 Å². The lowest BCUT2D eigenvalue weighted by Gasteiger charge is -2.31. The van der Waals surface area contributed by atoms with Crippen LogP contribution in [-0.2, 0) is 29.5 Å². The molecule has 3 rings (SSSR count). The quantitative estimate of drug-likeness (QED) is 0.727. The number of piperidine rings is 1. The third-order valence-corrected chi connectivity index (χ3v) is 4.65. The van der Waals surface area contributed by atoms with Gasteiger partial charge in [-0.05, 0) is 19.8 Å². The molecule has 1 aliphatic rings. The monoisotopic (exact) mass is 363 g/mol. The molecule has 26 heavy (non-hydrogen) atoms. The number of hydrogen-bond donors (Lipinski definition) is 0. The van der Waals surface area contributed by atoms with E-state index in [1.165, 1.54) is 0 Å². The summed E-state index contributed by atoms with van der Waals surface area (Å²) >= 11 is 0. The van der Waals surface area contributed by atoms with Crippen LogP contribution in [0.3, 0.4) is 0 Å². The van der Waals surface area contributed by atoms with Crippen molar-refractivity contribution in [2.45, 2.75) is 38.9 Å². The molecule has 0 N–H and O–H groups in total. The van der Waals surface area contributed by atoms with E-state index in [0.717, 1.165) is 18.5 Å². The lowest BCUT2D eigenvalue weighted by Crippen LogP contribution is -2.41. The Hall–Kier alpha value is -2.26. The van der Waals surface area contributed by atoms with Crippen LogP contribution in [0.5, 0.6) is 0 Å². The van der Waals surface area contributed by atoms with E-state index in [9.17, 15) is 4.79 Å². The molecule has 9 nitrogen and oxygen atoms in total. The van der Waals surface area contributed by atoms with E-state index in [0.29, 0.717) is 50.0 Å². The Bertz CT molecular complexity index is 733. The Morgan fingerprint density at radius 1 is 1.38 bits per heavy atom. The van der Waals surface area contributed by atoms with Gasteiger partial charge in [0.15, 0.2) is 5.82 Å². The van der Waals surface area contributed by atoms with Gasteiger partial charge in [0.1, 0.15) is 6.61 Å². The molecule has 0 bridgehead atoms. The van der Waals surface area contributed by atoms with Crippen molar-refractivity contribution in [2.75, 3.05) is 26.8 Å². The van der Waals surface area contributed by atoms with Crippen LogP contribution in [0, 0.1) is 6.92 Å². The molecule has 0 spiro atoms. The lowest BCUT2D eigenvalue weighted by molar-refractivity contribution is 0.00945. The van der Waals surface area contributed by atoms with Crippen LogP contribution in [0.2, 0.25) is 0 Å². The second-order valence-electron chi connectivity index (χ2n) is 6.42. The fraction of sp³-hybridized carbons (Fsp3) is 0.647. The Morgan fingerprint density at radius 2 is 2.15 bits per heavy atom. The van der Waals surface area contributed by atoms with Gasteiger partial charge in [-0.3, -0.25) is 9.48 Å². The van der Waals surface area contributed by atoms with Gasteiger partial charge in [-0.15, -0.1) is 0 Å². The van der Waals surface area contributed by atoms with Gasteiger partial charge in [-0.2, -0.15) is 10.1 Å². The van der Waals surface area contributed by atoms with E-state index in [2.05, 4.69) is 15.2 Å². The van der Waals surface area contributed by atoms with Crippen LogP contribution in [0.15, 0.2) is 10.7 Å². The molecule has 3 heterocycles. The van der Waals surface area contributed by atoms with Crippen molar-refractivity contribution in [3.63, 3.8) is 0 Å². The molecular formula is C17H25N5O4. The van der Waals surface area contributed by atoms with Gasteiger partial charge in [0.25, 0.3) is 11.8 Å². The van der Waals surface area contributed by atoms with Crippen LogP contribution in [-0.4, -0.2) is 63.6 Å². The van der Waals surface area contributed by atoms with Gasteiger partial charge >= 0.3 is 0 Å². The fourth-order valence-electron chi connectivity index (χ4n) is 3.00. The summed E-state index contributed by atoms with van der Waals surface area (Å²) in [5.41, 5.74) is 1.57. The first-order valence-corrected chi connectivity index (χ1v) is 8.78. The number of rotatable bonds is 7. The van der Waals surface area contributed by atoms with E-state index in [1.54, 1.807) is 18.0 Å². The minimum atomic E-state index is 0.0477. The summed E-state index contributed by atoms with van der Waals surface area (Å²) < 4.78 is 17.6. The van der Waals surface area contributed by atoms with E-state index < -0.39 is 0 Å². The Balaban J connectivity index is 1.41. The van der Waals surface area contributed by atoms with Crippen molar-refractivity contribution in [2.24, 2.45) is 7.05 Å². The lowest BCUT2D eigenvalue weighted by atomic mass is 10.1. The maximum Gasteiger partial charge on any atom is 0.257 e. The first kappa shape index (κ1) is 18.5. The molecule has 1 fully saturated rings. The van der Waals surface area contributed by atoms with Crippen LogP contribution in [0.25, 0.3) is 0 Å². The van der Waals surface area contributed by atoms with Gasteiger partial charge < -0.3 is 18.9 Å². The first-order valence-electron chi connectivity index (χ1n) is 8.78. The van der Waals surface area contributed by atoms with E-state index in [1.807, 2.05) is 18.9 Å². The second-order valence-corrected chi connectivity index (χ2v) is 6.42. The maximum absolute atomic E-state index is 12.6. The summed E-state index contributed by atoms with van der Waals surface area (Å²) in [6, 6.07) is 0. The molecular weight excluding hydrogens is 338 g/mol. The first-order chi connectivity index (χ1) is 12.6. The third kappa shape index (κ3) is 4.28. The Morgan fingerprint density at radius 3 is 2.81 bits per heavy atom. The normalized spacial score (nSPS) is 15.6. The highest BCUT2D eigenvalue weighted by Gasteiger charge is 2.26.